The zero-order valence-electron chi connectivity index (χ0n) is 42.4. The lowest BCUT2D eigenvalue weighted by molar-refractivity contribution is -0.127. The van der Waals surface area contributed by atoms with Gasteiger partial charge in [0.1, 0.15) is 9.71 Å². The number of carbonyl (C=O) groups is 3. The Bertz CT molecular complexity index is 3530. The van der Waals surface area contributed by atoms with E-state index in [9.17, 15) is 19.2 Å². The number of hydrogen-bond donors (Lipinski definition) is 6. The van der Waals surface area contributed by atoms with Gasteiger partial charge in [-0.15, -0.1) is 44.2 Å². The summed E-state index contributed by atoms with van der Waals surface area (Å²) in [5.74, 6) is -0.500. The quantitative estimate of drug-likeness (QED) is 0.0532. The van der Waals surface area contributed by atoms with E-state index in [0.29, 0.717) is 86.3 Å². The Kier molecular flexibility index (Phi) is 14.3. The molecule has 8 heterocycles. The van der Waals surface area contributed by atoms with Crippen molar-refractivity contribution in [2.45, 2.75) is 76.0 Å². The summed E-state index contributed by atoms with van der Waals surface area (Å²) >= 11 is 3.92. The van der Waals surface area contributed by atoms with E-state index in [1.165, 1.54) is 68.3 Å². The minimum absolute atomic E-state index is 0.00775. The van der Waals surface area contributed by atoms with Crippen molar-refractivity contribution in [2.24, 2.45) is 16.1 Å². The number of aryl methyl sites for hydroxylation is 1. The number of fused-ring (bicyclic) bond motifs is 4. The molecule has 394 valence electrons. The summed E-state index contributed by atoms with van der Waals surface area (Å²) in [6.07, 6.45) is 8.15. The predicted octanol–water partition coefficient (Wildman–Crippen LogP) is 8.57. The number of H-pyrrole nitrogens is 1. The summed E-state index contributed by atoms with van der Waals surface area (Å²) < 4.78 is 1.37. The Labute approximate surface area is 456 Å². The van der Waals surface area contributed by atoms with Crippen molar-refractivity contribution in [1.29, 1.82) is 0 Å². The molecule has 4 atom stereocenters. The van der Waals surface area contributed by atoms with Gasteiger partial charge in [-0.25, -0.2) is 15.0 Å². The van der Waals surface area contributed by atoms with Crippen molar-refractivity contribution in [3.63, 3.8) is 0 Å². The van der Waals surface area contributed by atoms with Crippen LogP contribution in [0.15, 0.2) is 117 Å². The van der Waals surface area contributed by atoms with Crippen LogP contribution in [0, 0.1) is 5.92 Å². The zero-order chi connectivity index (χ0) is 52.6. The van der Waals surface area contributed by atoms with Crippen molar-refractivity contribution < 1.29 is 14.4 Å². The number of thiazole rings is 2. The van der Waals surface area contributed by atoms with E-state index < -0.39 is 5.56 Å². The Hall–Kier alpha value is -7.43. The number of rotatable bonds is 15. The molecule has 3 fully saturated rings. The number of aromatic amines is 1. The monoisotopic (exact) mass is 1090 g/mol. The van der Waals surface area contributed by atoms with Crippen molar-refractivity contribution in [3.8, 4) is 27.6 Å². The molecule has 3 saturated heterocycles. The maximum absolute atomic E-state index is 13.7. The van der Waals surface area contributed by atoms with Crippen LogP contribution < -0.4 is 37.5 Å². The maximum Gasteiger partial charge on any atom is 0.301 e. The fourth-order valence-corrected chi connectivity index (χ4v) is 13.4. The van der Waals surface area contributed by atoms with Gasteiger partial charge in [0.2, 0.25) is 16.2 Å². The number of nitrogens with zero attached hydrogens (tertiary/aromatic N) is 8. The van der Waals surface area contributed by atoms with Crippen LogP contribution in [0.1, 0.15) is 81.9 Å². The first kappa shape index (κ1) is 50.4. The molecule has 1 aliphatic carbocycles. The number of hydrogen-bond acceptors (Lipinski definition) is 16. The second-order valence-electron chi connectivity index (χ2n) is 20.4. The summed E-state index contributed by atoms with van der Waals surface area (Å²) in [5.41, 5.74) is 14.7. The largest absolute Gasteiger partial charge is 0.397 e. The lowest BCUT2D eigenvalue weighted by Gasteiger charge is -2.35. The number of nitrogens with two attached hydrogens (primary N) is 1. The Morgan fingerprint density at radius 1 is 0.870 bits per heavy atom. The SMILES string of the molecule is CC(NC(=O)C1CCN(CCNC(=O)c2ccc(-c3csc(-n4[nH]c(-c5ccccc5)c(N=Nc5nccs5)c4=O)n3)cc2)CC1)c1ccc2c(N)c(C(=O)NC3CCc4cc(N5C[C@H]6CC[C@@H](C5)N6)ccc4C3)sc2n1. The molecule has 2 bridgehead atoms. The van der Waals surface area contributed by atoms with E-state index in [1.54, 1.807) is 23.7 Å². The van der Waals surface area contributed by atoms with E-state index in [4.69, 9.17) is 15.7 Å². The summed E-state index contributed by atoms with van der Waals surface area (Å²) in [7, 11) is 0. The van der Waals surface area contributed by atoms with Crippen molar-refractivity contribution in [3.05, 3.63) is 140 Å². The van der Waals surface area contributed by atoms with E-state index in [1.807, 2.05) is 66.9 Å². The molecule has 4 aliphatic rings. The second-order valence-corrected chi connectivity index (χ2v) is 23.1. The van der Waals surface area contributed by atoms with Crippen LogP contribution in [0.4, 0.5) is 22.2 Å². The van der Waals surface area contributed by atoms with Gasteiger partial charge in [-0.3, -0.25) is 24.3 Å². The van der Waals surface area contributed by atoms with E-state index in [-0.39, 0.29) is 41.4 Å². The molecule has 3 aromatic carbocycles. The van der Waals surface area contributed by atoms with Crippen LogP contribution in [0.2, 0.25) is 0 Å². The Morgan fingerprint density at radius 2 is 1.68 bits per heavy atom. The average Bonchev–Trinajstić information content (AvgIpc) is 4.35. The number of anilines is 2. The van der Waals surface area contributed by atoms with Crippen molar-refractivity contribution in [2.75, 3.05) is 49.9 Å². The van der Waals surface area contributed by atoms with Crippen molar-refractivity contribution >= 4 is 84.1 Å². The number of carbonyl (C=O) groups excluding carboxylic acids is 3. The van der Waals surface area contributed by atoms with Gasteiger partial charge in [-0.1, -0.05) is 48.5 Å². The number of nitrogens with one attached hydrogen (secondary N) is 5. The Morgan fingerprint density at radius 3 is 2.45 bits per heavy atom. The van der Waals surface area contributed by atoms with Crippen LogP contribution in [-0.4, -0.2) is 105 Å². The minimum atomic E-state index is -0.392. The lowest BCUT2D eigenvalue weighted by atomic mass is 9.87. The molecule has 2 unspecified atom stereocenters. The maximum atomic E-state index is 13.7. The normalized spacial score (nSPS) is 19.1. The molecule has 0 radical (unpaired) electrons. The third-order valence-corrected chi connectivity index (χ3v) is 17.9. The van der Waals surface area contributed by atoms with Crippen molar-refractivity contribution in [1.82, 2.24) is 50.9 Å². The number of piperidine rings is 1. The number of pyridine rings is 1. The molecule has 8 aromatic rings. The van der Waals surface area contributed by atoms with Crippen LogP contribution in [0.25, 0.3) is 37.9 Å². The van der Waals surface area contributed by atoms with E-state index in [2.05, 4.69) is 69.6 Å². The zero-order valence-corrected chi connectivity index (χ0v) is 44.9. The van der Waals surface area contributed by atoms with E-state index >= 15 is 0 Å². The highest BCUT2D eigenvalue weighted by Gasteiger charge is 2.33. The van der Waals surface area contributed by atoms with Gasteiger partial charge in [0.25, 0.3) is 11.8 Å². The molecule has 7 N–H and O–H groups in total. The molecule has 77 heavy (non-hydrogen) atoms. The number of piperazine rings is 1. The Balaban J connectivity index is 0.591. The molecule has 3 amide bonds. The first-order chi connectivity index (χ1) is 37.6. The summed E-state index contributed by atoms with van der Waals surface area (Å²) in [6, 6.07) is 28.2. The van der Waals surface area contributed by atoms with Crippen LogP contribution in [-0.2, 0) is 17.6 Å². The standard InChI is InChI=1S/C56H58N14O4S3/c1-32(44-18-17-43-46(57)49(77-53(43)63-44)52(73)62-39-13-11-38-28-42(16-12-37(38)27-39)69-29-40-14-15-41(30-69)61-40)60-51(72)36-19-23-68(24-20-36)25-21-58-50(71)35-9-7-33(8-10-35)45-31-76-56(64-45)70-54(74)48(65-66-55-59-22-26-75-55)47(67-70)34-5-3-2-4-6-34/h2-10,12,16-18,22,26,28,31-32,36,39-41,61,67H,11,13-15,19-21,23-25,27,29-30,57H2,1H3,(H,58,71)(H,60,72)(H,62,73)/t32?,39?,40-,41+. The summed E-state index contributed by atoms with van der Waals surface area (Å²) in [5, 5.41) is 30.1. The van der Waals surface area contributed by atoms with Crippen LogP contribution in [0.3, 0.4) is 0 Å². The molecule has 12 rings (SSSR count). The molecule has 21 heteroatoms. The molecule has 0 saturated carbocycles. The number of likely N-dealkylation sites (tertiary alicyclic amines) is 1. The van der Waals surface area contributed by atoms with Gasteiger partial charge < -0.3 is 36.8 Å². The molecular weight excluding hydrogens is 1030 g/mol. The first-order valence-electron chi connectivity index (χ1n) is 26.3. The number of nitrogen functional groups attached to an aromatic ring is 1. The van der Waals surface area contributed by atoms with Gasteiger partial charge in [0, 0.05) is 94.9 Å². The second kappa shape index (κ2) is 21.9. The highest BCUT2D eigenvalue weighted by atomic mass is 32.1. The van der Waals surface area contributed by atoms with Gasteiger partial charge in [-0.05, 0) is 112 Å². The van der Waals surface area contributed by atoms with Gasteiger partial charge in [0.05, 0.1) is 28.8 Å². The first-order valence-corrected chi connectivity index (χ1v) is 28.9. The smallest absolute Gasteiger partial charge is 0.301 e. The highest BCUT2D eigenvalue weighted by molar-refractivity contribution is 7.21. The topological polar surface area (TPSA) is 233 Å². The molecule has 0 spiro atoms. The fourth-order valence-electron chi connectivity index (χ4n) is 11.1. The number of aromatic nitrogens is 5. The summed E-state index contributed by atoms with van der Waals surface area (Å²) in [4.78, 5) is 73.8. The van der Waals surface area contributed by atoms with Crippen LogP contribution >= 0.6 is 34.0 Å². The lowest BCUT2D eigenvalue weighted by Crippen LogP contribution is -2.51. The number of thiophene rings is 1. The third kappa shape index (κ3) is 10.8. The van der Waals surface area contributed by atoms with Gasteiger partial charge in [0.15, 0.2) is 5.69 Å². The predicted molar refractivity (Wildman–Crippen MR) is 303 cm³/mol. The minimum Gasteiger partial charge on any atom is -0.397 e. The third-order valence-electron chi connectivity index (χ3n) is 15.3. The average molecular weight is 1090 g/mol. The molecule has 5 aromatic heterocycles. The fraction of sp³-hybridized carbons (Fsp3) is 0.339. The highest BCUT2D eigenvalue weighted by Crippen LogP contribution is 2.36. The number of amides is 3. The molecule has 18 nitrogen and oxygen atoms in total. The van der Waals surface area contributed by atoms with E-state index in [0.717, 1.165) is 62.0 Å². The van der Waals surface area contributed by atoms with Crippen LogP contribution in [0.5, 0.6) is 0 Å². The molecular formula is C56H58N14O4S3. The molecule has 3 aliphatic heterocycles. The number of benzene rings is 3. The summed E-state index contributed by atoms with van der Waals surface area (Å²) in [6.45, 7) is 6.66. The van der Waals surface area contributed by atoms with Gasteiger partial charge in [-0.2, -0.15) is 4.68 Å². The van der Waals surface area contributed by atoms with Gasteiger partial charge >= 0.3 is 5.56 Å². The number of azo groups is 1.